The number of carbonyl (C=O) groups is 1. The Morgan fingerprint density at radius 1 is 1.11 bits per heavy atom. The predicted octanol–water partition coefficient (Wildman–Crippen LogP) is 3.37. The number of benzene rings is 2. The summed E-state index contributed by atoms with van der Waals surface area (Å²) in [5, 5.41) is 11.1. The van der Waals surface area contributed by atoms with Crippen LogP contribution in [-0.4, -0.2) is 53.4 Å². The molecule has 1 heterocycles. The normalized spacial score (nSPS) is 15.2. The molecule has 1 aliphatic heterocycles. The van der Waals surface area contributed by atoms with Gasteiger partial charge in [-0.2, -0.15) is 0 Å². The number of nitro groups is 1. The van der Waals surface area contributed by atoms with Gasteiger partial charge in [-0.15, -0.1) is 0 Å². The van der Waals surface area contributed by atoms with E-state index in [1.807, 2.05) is 18.2 Å². The molecular weight excluding hydrogens is 342 g/mol. The molecule has 1 aliphatic rings. The van der Waals surface area contributed by atoms with Gasteiger partial charge >= 0.3 is 0 Å². The number of rotatable bonds is 5. The molecule has 140 valence electrons. The third kappa shape index (κ3) is 4.80. The van der Waals surface area contributed by atoms with Gasteiger partial charge in [-0.1, -0.05) is 48.6 Å². The molecule has 0 spiro atoms. The lowest BCUT2D eigenvalue weighted by molar-refractivity contribution is -0.385. The van der Waals surface area contributed by atoms with Crippen LogP contribution in [0.5, 0.6) is 0 Å². The average Bonchev–Trinajstić information content (AvgIpc) is 2.69. The van der Waals surface area contributed by atoms with E-state index in [1.54, 1.807) is 24.0 Å². The smallest absolute Gasteiger partial charge is 0.273 e. The van der Waals surface area contributed by atoms with Crippen molar-refractivity contribution < 1.29 is 9.72 Å². The fourth-order valence-corrected chi connectivity index (χ4v) is 3.16. The van der Waals surface area contributed by atoms with E-state index < -0.39 is 4.92 Å². The van der Waals surface area contributed by atoms with Gasteiger partial charge in [0.05, 0.1) is 4.92 Å². The van der Waals surface area contributed by atoms with Gasteiger partial charge in [0.2, 0.25) is 0 Å². The Morgan fingerprint density at radius 3 is 2.48 bits per heavy atom. The Bertz CT molecular complexity index is 841. The summed E-state index contributed by atoms with van der Waals surface area (Å²) >= 11 is 0. The number of aryl methyl sites for hydroxylation is 1. The molecule has 0 atom stereocenters. The van der Waals surface area contributed by atoms with Gasteiger partial charge in [-0.25, -0.2) is 0 Å². The minimum Gasteiger partial charge on any atom is -0.336 e. The zero-order valence-electron chi connectivity index (χ0n) is 15.4. The zero-order valence-corrected chi connectivity index (χ0v) is 15.4. The van der Waals surface area contributed by atoms with Crippen LogP contribution < -0.4 is 0 Å². The van der Waals surface area contributed by atoms with Crippen molar-refractivity contribution in [1.82, 2.24) is 9.80 Å². The van der Waals surface area contributed by atoms with Crippen LogP contribution in [-0.2, 0) is 0 Å². The second-order valence-electron chi connectivity index (χ2n) is 6.66. The quantitative estimate of drug-likeness (QED) is 0.602. The van der Waals surface area contributed by atoms with Crippen LogP contribution in [0.25, 0.3) is 6.08 Å². The van der Waals surface area contributed by atoms with E-state index in [1.165, 1.54) is 11.6 Å². The molecule has 0 N–H and O–H groups in total. The lowest BCUT2D eigenvalue weighted by Crippen LogP contribution is -2.48. The summed E-state index contributed by atoms with van der Waals surface area (Å²) in [6, 6.07) is 14.8. The molecule has 27 heavy (non-hydrogen) atoms. The highest BCUT2D eigenvalue weighted by Crippen LogP contribution is 2.20. The summed E-state index contributed by atoms with van der Waals surface area (Å²) in [6.07, 6.45) is 4.24. The van der Waals surface area contributed by atoms with E-state index in [0.717, 1.165) is 19.6 Å². The van der Waals surface area contributed by atoms with E-state index in [0.29, 0.717) is 24.2 Å². The van der Waals surface area contributed by atoms with Crippen molar-refractivity contribution in [2.24, 2.45) is 0 Å². The highest BCUT2D eigenvalue weighted by atomic mass is 16.6. The van der Waals surface area contributed by atoms with Crippen LogP contribution in [0.3, 0.4) is 0 Å². The molecule has 0 aromatic heterocycles. The zero-order chi connectivity index (χ0) is 19.2. The topological polar surface area (TPSA) is 66.7 Å². The molecule has 0 radical (unpaired) electrons. The van der Waals surface area contributed by atoms with Crippen LogP contribution in [0, 0.1) is 17.0 Å². The van der Waals surface area contributed by atoms with Crippen molar-refractivity contribution in [3.8, 4) is 0 Å². The van der Waals surface area contributed by atoms with Crippen molar-refractivity contribution >= 4 is 17.7 Å². The van der Waals surface area contributed by atoms with Gasteiger partial charge in [0, 0.05) is 49.9 Å². The molecule has 0 saturated carbocycles. The summed E-state index contributed by atoms with van der Waals surface area (Å²) in [4.78, 5) is 27.4. The molecule has 6 heteroatoms. The standard InChI is InChI=1S/C21H23N3O3/c1-17-9-10-19(16-20(17)24(26)27)21(25)23-14-12-22(13-15-23)11-5-8-18-6-3-2-4-7-18/h2-10,16H,11-15H2,1H3. The number of amides is 1. The highest BCUT2D eigenvalue weighted by molar-refractivity contribution is 5.95. The first-order valence-electron chi connectivity index (χ1n) is 9.03. The lowest BCUT2D eigenvalue weighted by atomic mass is 10.1. The number of hydrogen-bond donors (Lipinski definition) is 0. The Labute approximate surface area is 158 Å². The monoisotopic (exact) mass is 365 g/mol. The number of piperazine rings is 1. The van der Waals surface area contributed by atoms with Crippen LogP contribution in [0.2, 0.25) is 0 Å². The summed E-state index contributed by atoms with van der Waals surface area (Å²) in [7, 11) is 0. The number of nitro benzene ring substituents is 1. The molecule has 0 unspecified atom stereocenters. The first kappa shape index (κ1) is 18.8. The van der Waals surface area contributed by atoms with Gasteiger partial charge < -0.3 is 4.90 Å². The molecule has 0 bridgehead atoms. The molecule has 2 aromatic carbocycles. The maximum absolute atomic E-state index is 12.7. The molecule has 1 amide bonds. The number of carbonyl (C=O) groups excluding carboxylic acids is 1. The molecule has 1 fully saturated rings. The Balaban J connectivity index is 1.54. The van der Waals surface area contributed by atoms with Crippen LogP contribution in [0.15, 0.2) is 54.6 Å². The Morgan fingerprint density at radius 2 is 1.81 bits per heavy atom. The van der Waals surface area contributed by atoms with Gasteiger partial charge in [-0.3, -0.25) is 19.8 Å². The Kier molecular flexibility index (Phi) is 5.98. The SMILES string of the molecule is Cc1ccc(C(=O)N2CCN(CC=Cc3ccccc3)CC2)cc1[N+](=O)[O-]. The third-order valence-corrected chi connectivity index (χ3v) is 4.79. The fraction of sp³-hybridized carbons (Fsp3) is 0.286. The van der Waals surface area contributed by atoms with Crippen molar-refractivity contribution in [3.63, 3.8) is 0 Å². The van der Waals surface area contributed by atoms with Gasteiger partial charge in [0.1, 0.15) is 0 Å². The third-order valence-electron chi connectivity index (χ3n) is 4.79. The maximum atomic E-state index is 12.7. The van der Waals surface area contributed by atoms with E-state index in [-0.39, 0.29) is 11.6 Å². The molecule has 6 nitrogen and oxygen atoms in total. The second kappa shape index (κ2) is 8.60. The molecule has 2 aromatic rings. The van der Waals surface area contributed by atoms with Crippen molar-refractivity contribution in [2.45, 2.75) is 6.92 Å². The van der Waals surface area contributed by atoms with Crippen molar-refractivity contribution in [2.75, 3.05) is 32.7 Å². The van der Waals surface area contributed by atoms with Gasteiger partial charge in [0.15, 0.2) is 0 Å². The Hall–Kier alpha value is -2.99. The second-order valence-corrected chi connectivity index (χ2v) is 6.66. The molecule has 0 aliphatic carbocycles. The van der Waals surface area contributed by atoms with Gasteiger partial charge in [-0.05, 0) is 18.6 Å². The van der Waals surface area contributed by atoms with E-state index >= 15 is 0 Å². The first-order chi connectivity index (χ1) is 13.0. The summed E-state index contributed by atoms with van der Waals surface area (Å²) in [6.45, 7) is 5.35. The van der Waals surface area contributed by atoms with Crippen LogP contribution in [0.1, 0.15) is 21.5 Å². The first-order valence-corrected chi connectivity index (χ1v) is 9.03. The van der Waals surface area contributed by atoms with E-state index in [4.69, 9.17) is 0 Å². The van der Waals surface area contributed by atoms with Crippen LogP contribution in [0.4, 0.5) is 5.69 Å². The largest absolute Gasteiger partial charge is 0.336 e. The predicted molar refractivity (Wildman–Crippen MR) is 106 cm³/mol. The van der Waals surface area contributed by atoms with Gasteiger partial charge in [0.25, 0.3) is 11.6 Å². The van der Waals surface area contributed by atoms with Crippen molar-refractivity contribution in [1.29, 1.82) is 0 Å². The highest BCUT2D eigenvalue weighted by Gasteiger charge is 2.23. The lowest BCUT2D eigenvalue weighted by Gasteiger charge is -2.34. The minimum absolute atomic E-state index is 0.00876. The average molecular weight is 365 g/mol. The summed E-state index contributed by atoms with van der Waals surface area (Å²) in [5.74, 6) is -0.141. The number of hydrogen-bond acceptors (Lipinski definition) is 4. The molecule has 1 saturated heterocycles. The minimum atomic E-state index is -0.441. The number of nitrogens with zero attached hydrogens (tertiary/aromatic N) is 3. The summed E-state index contributed by atoms with van der Waals surface area (Å²) < 4.78 is 0. The van der Waals surface area contributed by atoms with Crippen LogP contribution >= 0.6 is 0 Å². The molecular formula is C21H23N3O3. The van der Waals surface area contributed by atoms with E-state index in [9.17, 15) is 14.9 Å². The maximum Gasteiger partial charge on any atom is 0.273 e. The summed E-state index contributed by atoms with van der Waals surface area (Å²) in [5.41, 5.74) is 2.11. The van der Waals surface area contributed by atoms with E-state index in [2.05, 4.69) is 29.2 Å². The molecule has 3 rings (SSSR count). The fourth-order valence-electron chi connectivity index (χ4n) is 3.16. The van der Waals surface area contributed by atoms with Crippen molar-refractivity contribution in [3.05, 3.63) is 81.4 Å².